The summed E-state index contributed by atoms with van der Waals surface area (Å²) in [7, 11) is 1.51. The fraction of sp³-hybridized carbons (Fsp3) is 0.154. The third-order valence-electron chi connectivity index (χ3n) is 5.42. The van der Waals surface area contributed by atoms with Crippen LogP contribution in [0.15, 0.2) is 78.4 Å². The second kappa shape index (κ2) is 9.38. The van der Waals surface area contributed by atoms with Gasteiger partial charge in [0.05, 0.1) is 30.4 Å². The molecule has 4 rings (SSSR count). The molecule has 1 N–H and O–H groups in total. The zero-order valence-electron chi connectivity index (χ0n) is 18.1. The van der Waals surface area contributed by atoms with Crippen LogP contribution in [0.1, 0.15) is 24.1 Å². The van der Waals surface area contributed by atoms with Crippen molar-refractivity contribution in [2.24, 2.45) is 0 Å². The van der Waals surface area contributed by atoms with Gasteiger partial charge in [-0.2, -0.15) is 0 Å². The lowest BCUT2D eigenvalue weighted by Gasteiger charge is -2.26. The van der Waals surface area contributed by atoms with Gasteiger partial charge >= 0.3 is 0 Å². The lowest BCUT2D eigenvalue weighted by molar-refractivity contribution is -0.132. The average Bonchev–Trinajstić information content (AvgIpc) is 3.11. The smallest absolute Gasteiger partial charge is 0.300 e. The van der Waals surface area contributed by atoms with Crippen molar-refractivity contribution in [2.75, 3.05) is 18.6 Å². The number of para-hydroxylation sites is 2. The number of carbonyl (C=O) groups is 2. The summed E-state index contributed by atoms with van der Waals surface area (Å²) in [6.07, 6.45) is 0. The number of aliphatic hydroxyl groups is 1. The first-order chi connectivity index (χ1) is 16.0. The van der Waals surface area contributed by atoms with Crippen LogP contribution in [0.3, 0.4) is 0 Å². The number of carbonyl (C=O) groups excluding carboxylic acids is 2. The highest BCUT2D eigenvalue weighted by molar-refractivity contribution is 6.51. The number of rotatable bonds is 6. The van der Waals surface area contributed by atoms with Crippen molar-refractivity contribution in [3.63, 3.8) is 0 Å². The fourth-order valence-corrected chi connectivity index (χ4v) is 4.12. The van der Waals surface area contributed by atoms with E-state index in [0.29, 0.717) is 39.9 Å². The fourth-order valence-electron chi connectivity index (χ4n) is 3.95. The van der Waals surface area contributed by atoms with Gasteiger partial charge in [0, 0.05) is 16.8 Å². The van der Waals surface area contributed by atoms with Crippen molar-refractivity contribution in [1.29, 1.82) is 0 Å². The molecule has 1 fully saturated rings. The molecule has 3 aromatic rings. The molecule has 1 aliphatic rings. The number of amides is 1. The number of methoxy groups -OCH3 is 1. The van der Waals surface area contributed by atoms with E-state index in [2.05, 4.69) is 0 Å². The molecular weight excluding hydrogens is 442 g/mol. The van der Waals surface area contributed by atoms with Crippen LogP contribution in [0.5, 0.6) is 11.5 Å². The Hall–Kier alpha value is -3.77. The molecule has 1 saturated heterocycles. The van der Waals surface area contributed by atoms with Gasteiger partial charge in [0.2, 0.25) is 0 Å². The Morgan fingerprint density at radius 1 is 1.00 bits per heavy atom. The van der Waals surface area contributed by atoms with Crippen molar-refractivity contribution >= 4 is 34.7 Å². The van der Waals surface area contributed by atoms with Gasteiger partial charge in [0.1, 0.15) is 17.3 Å². The predicted molar refractivity (Wildman–Crippen MR) is 127 cm³/mol. The van der Waals surface area contributed by atoms with Crippen LogP contribution >= 0.6 is 11.6 Å². The van der Waals surface area contributed by atoms with Crippen LogP contribution in [-0.2, 0) is 9.59 Å². The number of Topliss-reactive ketones (excluding diaryl/α,β-unsaturated/α-hetero) is 1. The second-order valence-electron chi connectivity index (χ2n) is 7.32. The molecule has 3 aromatic carbocycles. The molecule has 0 aromatic heterocycles. The van der Waals surface area contributed by atoms with Gasteiger partial charge < -0.3 is 14.6 Å². The Morgan fingerprint density at radius 3 is 2.39 bits per heavy atom. The van der Waals surface area contributed by atoms with Crippen LogP contribution in [0.4, 0.5) is 5.69 Å². The summed E-state index contributed by atoms with van der Waals surface area (Å²) in [5.41, 5.74) is 1.37. The summed E-state index contributed by atoms with van der Waals surface area (Å²) in [5.74, 6) is -0.991. The number of benzene rings is 3. The molecule has 0 saturated carbocycles. The van der Waals surface area contributed by atoms with Gasteiger partial charge in [0.15, 0.2) is 0 Å². The minimum absolute atomic E-state index is 0.0434. The lowest BCUT2D eigenvalue weighted by Crippen LogP contribution is -2.29. The zero-order valence-corrected chi connectivity index (χ0v) is 18.9. The van der Waals surface area contributed by atoms with Gasteiger partial charge in [-0.3, -0.25) is 14.5 Å². The van der Waals surface area contributed by atoms with E-state index in [0.717, 1.165) is 0 Å². The van der Waals surface area contributed by atoms with Crippen LogP contribution in [0.25, 0.3) is 5.76 Å². The highest BCUT2D eigenvalue weighted by Crippen LogP contribution is 2.45. The first-order valence-electron chi connectivity index (χ1n) is 10.4. The molecule has 0 bridgehead atoms. The van der Waals surface area contributed by atoms with Crippen LogP contribution in [0.2, 0.25) is 5.02 Å². The molecule has 0 spiro atoms. The highest BCUT2D eigenvalue weighted by Gasteiger charge is 2.47. The number of halogens is 1. The molecular formula is C26H22ClNO5. The molecule has 7 heteroatoms. The summed E-state index contributed by atoms with van der Waals surface area (Å²) < 4.78 is 11.1. The summed E-state index contributed by atoms with van der Waals surface area (Å²) >= 11 is 6.19. The summed E-state index contributed by atoms with van der Waals surface area (Å²) in [6, 6.07) is 19.8. The monoisotopic (exact) mass is 463 g/mol. The molecule has 168 valence electrons. The van der Waals surface area contributed by atoms with E-state index in [1.54, 1.807) is 66.7 Å². The summed E-state index contributed by atoms with van der Waals surface area (Å²) in [4.78, 5) is 27.8. The van der Waals surface area contributed by atoms with Crippen molar-refractivity contribution in [2.45, 2.75) is 13.0 Å². The number of anilines is 1. The van der Waals surface area contributed by atoms with E-state index in [9.17, 15) is 14.7 Å². The normalized spacial score (nSPS) is 17.3. The number of aliphatic hydroxyl groups excluding tert-OH is 1. The lowest BCUT2D eigenvalue weighted by atomic mass is 9.94. The van der Waals surface area contributed by atoms with E-state index in [1.165, 1.54) is 12.0 Å². The number of hydrogen-bond acceptors (Lipinski definition) is 5. The maximum Gasteiger partial charge on any atom is 0.300 e. The van der Waals surface area contributed by atoms with E-state index in [4.69, 9.17) is 21.1 Å². The Labute approximate surface area is 196 Å². The first-order valence-corrected chi connectivity index (χ1v) is 10.8. The Balaban J connectivity index is 1.96. The van der Waals surface area contributed by atoms with E-state index in [-0.39, 0.29) is 11.3 Å². The summed E-state index contributed by atoms with van der Waals surface area (Å²) in [5, 5.41) is 11.7. The maximum absolute atomic E-state index is 13.3. The molecule has 1 aliphatic heterocycles. The van der Waals surface area contributed by atoms with Crippen molar-refractivity contribution in [1.82, 2.24) is 0 Å². The third kappa shape index (κ3) is 4.05. The minimum Gasteiger partial charge on any atom is -0.507 e. The molecule has 0 aliphatic carbocycles. The predicted octanol–water partition coefficient (Wildman–Crippen LogP) is 5.37. The van der Waals surface area contributed by atoms with Gasteiger partial charge in [0.25, 0.3) is 11.7 Å². The topological polar surface area (TPSA) is 76.1 Å². The Bertz CT molecular complexity index is 1240. The van der Waals surface area contributed by atoms with Gasteiger partial charge in [-0.1, -0.05) is 48.0 Å². The first kappa shape index (κ1) is 22.4. The average molecular weight is 464 g/mol. The van der Waals surface area contributed by atoms with Gasteiger partial charge in [-0.15, -0.1) is 0 Å². The van der Waals surface area contributed by atoms with Crippen molar-refractivity contribution in [3.05, 3.63) is 94.5 Å². The van der Waals surface area contributed by atoms with Crippen LogP contribution < -0.4 is 14.4 Å². The number of hydrogen-bond donors (Lipinski definition) is 1. The van der Waals surface area contributed by atoms with Gasteiger partial charge in [-0.25, -0.2) is 0 Å². The largest absolute Gasteiger partial charge is 0.507 e. The van der Waals surface area contributed by atoms with Crippen molar-refractivity contribution in [3.8, 4) is 11.5 Å². The van der Waals surface area contributed by atoms with Crippen LogP contribution in [-0.4, -0.2) is 30.5 Å². The summed E-state index contributed by atoms with van der Waals surface area (Å²) in [6.45, 7) is 2.19. The molecule has 1 amide bonds. The van der Waals surface area contributed by atoms with E-state index >= 15 is 0 Å². The van der Waals surface area contributed by atoms with E-state index < -0.39 is 17.7 Å². The van der Waals surface area contributed by atoms with Gasteiger partial charge in [-0.05, 0) is 43.3 Å². The molecule has 1 unspecified atom stereocenters. The Kier molecular flexibility index (Phi) is 6.38. The minimum atomic E-state index is -0.894. The zero-order chi connectivity index (χ0) is 23.5. The number of nitrogens with zero attached hydrogens (tertiary/aromatic N) is 1. The maximum atomic E-state index is 13.3. The molecule has 33 heavy (non-hydrogen) atoms. The number of ether oxygens (including phenoxy) is 2. The quantitative estimate of drug-likeness (QED) is 0.302. The number of ketones is 1. The third-order valence-corrected chi connectivity index (χ3v) is 5.73. The SMILES string of the molecule is CCOc1cc(/C(O)=C2\C(=O)C(=O)N(c3ccccc3)C2c2ccccc2OC)ccc1Cl. The molecule has 0 radical (unpaired) electrons. The molecule has 1 heterocycles. The Morgan fingerprint density at radius 2 is 1.70 bits per heavy atom. The van der Waals surface area contributed by atoms with Crippen molar-refractivity contribution < 1.29 is 24.2 Å². The second-order valence-corrected chi connectivity index (χ2v) is 7.73. The van der Waals surface area contributed by atoms with Crippen LogP contribution in [0, 0.1) is 0 Å². The van der Waals surface area contributed by atoms with E-state index in [1.807, 2.05) is 13.0 Å². The standard InChI is InChI=1S/C26H22ClNO5/c1-3-33-21-15-16(13-14-19(21)27)24(29)22-23(18-11-7-8-12-20(18)32-2)28(26(31)25(22)30)17-9-5-4-6-10-17/h4-15,23,29H,3H2,1-2H3/b24-22+. The molecule has 6 nitrogen and oxygen atoms in total. The highest BCUT2D eigenvalue weighted by atomic mass is 35.5. The molecule has 1 atom stereocenters.